The van der Waals surface area contributed by atoms with Gasteiger partial charge in [-0.1, -0.05) is 99.6 Å². The first kappa shape index (κ1) is 32.5. The molecule has 3 atom stereocenters. The number of hydrogen-bond acceptors (Lipinski definition) is 4. The molecule has 0 saturated heterocycles. The molecule has 0 spiro atoms. The van der Waals surface area contributed by atoms with Gasteiger partial charge in [0.25, 0.3) is 0 Å². The highest BCUT2D eigenvalue weighted by Crippen LogP contribution is 2.25. The predicted octanol–water partition coefficient (Wildman–Crippen LogP) is 6.11. The van der Waals surface area contributed by atoms with E-state index in [2.05, 4.69) is 54.0 Å². The van der Waals surface area contributed by atoms with Crippen LogP contribution >= 0.6 is 0 Å². The summed E-state index contributed by atoms with van der Waals surface area (Å²) in [6.45, 7) is 7.98. The van der Waals surface area contributed by atoms with E-state index in [-0.39, 0.29) is 18.9 Å². The topological polar surface area (TPSA) is 105 Å². The molecule has 7 nitrogen and oxygen atoms in total. The summed E-state index contributed by atoms with van der Waals surface area (Å²) in [4.78, 5) is 38.6. The highest BCUT2D eigenvalue weighted by Gasteiger charge is 2.36. The van der Waals surface area contributed by atoms with Gasteiger partial charge in [-0.25, -0.2) is 0 Å². The van der Waals surface area contributed by atoms with Gasteiger partial charge in [-0.2, -0.15) is 0 Å². The van der Waals surface area contributed by atoms with E-state index in [4.69, 9.17) is 4.74 Å². The normalized spacial score (nSPS) is 13.5. The van der Waals surface area contributed by atoms with E-state index in [1.165, 1.54) is 11.1 Å². The van der Waals surface area contributed by atoms with Gasteiger partial charge < -0.3 is 20.5 Å². The number of ether oxygens (including phenoxy) is 1. The number of benzene rings is 3. The van der Waals surface area contributed by atoms with E-state index in [0.717, 1.165) is 23.1 Å². The first-order valence-corrected chi connectivity index (χ1v) is 14.5. The predicted molar refractivity (Wildman–Crippen MR) is 166 cm³/mol. The monoisotopic (exact) mass is 572 g/mol. The zero-order chi connectivity index (χ0) is 30.7. The number of carboxylic acids is 1. The number of carboxylic acid groups (broad SMARTS) is 1. The van der Waals surface area contributed by atoms with Crippen molar-refractivity contribution in [3.8, 4) is 11.1 Å². The second kappa shape index (κ2) is 15.3. The molecule has 0 fully saturated rings. The van der Waals surface area contributed by atoms with E-state index in [0.29, 0.717) is 12.8 Å². The minimum Gasteiger partial charge on any atom is -0.481 e. The third-order valence-corrected chi connectivity index (χ3v) is 7.49. The average Bonchev–Trinajstić information content (AvgIpc) is 2.95. The number of amides is 2. The molecule has 3 rings (SSSR count). The lowest BCUT2D eigenvalue weighted by Gasteiger charge is -2.33. The molecule has 224 valence electrons. The third kappa shape index (κ3) is 9.55. The number of hydrogen-bond donors (Lipinski definition) is 3. The van der Waals surface area contributed by atoms with Crippen LogP contribution in [0.15, 0.2) is 78.9 Å². The fourth-order valence-electron chi connectivity index (χ4n) is 5.10. The molecular formula is C35H44N2O5. The Morgan fingerprint density at radius 3 is 2.10 bits per heavy atom. The summed E-state index contributed by atoms with van der Waals surface area (Å²) < 4.78 is 5.34. The Hall–Kier alpha value is -3.97. The fourth-order valence-corrected chi connectivity index (χ4v) is 5.10. The molecule has 3 aromatic carbocycles. The summed E-state index contributed by atoms with van der Waals surface area (Å²) >= 11 is 0. The highest BCUT2D eigenvalue weighted by atomic mass is 16.5. The van der Waals surface area contributed by atoms with Crippen LogP contribution in [0, 0.1) is 18.3 Å². The average molecular weight is 573 g/mol. The minimum atomic E-state index is -1.04. The zero-order valence-electron chi connectivity index (χ0n) is 25.4. The van der Waals surface area contributed by atoms with Crippen molar-refractivity contribution in [1.29, 1.82) is 0 Å². The number of nitrogens with one attached hydrogen (secondary N) is 2. The number of aliphatic carboxylic acids is 1. The van der Waals surface area contributed by atoms with Crippen LogP contribution in [-0.4, -0.2) is 42.6 Å². The lowest BCUT2D eigenvalue weighted by Crippen LogP contribution is -2.55. The van der Waals surface area contributed by atoms with Gasteiger partial charge in [0, 0.05) is 13.0 Å². The maximum atomic E-state index is 13.5. The standard InChI is InChI=1S/C35H44N2O5/c1-24-12-9-10-17-29(24)26-20-18-25(19-21-26)13-11-16-28(22-31(38)39)33(40)37-32(35(2,3)4)34(41)36-30(23-42-5)27-14-7-6-8-15-27/h6-10,12,14-15,17-21,28,30,32H,11,13,16,22-23H2,1-5H3,(H,36,41)(H,37,40)(H,38,39). The Morgan fingerprint density at radius 1 is 0.857 bits per heavy atom. The number of methoxy groups -OCH3 is 1. The van der Waals surface area contributed by atoms with Gasteiger partial charge in [0.05, 0.1) is 19.1 Å². The smallest absolute Gasteiger partial charge is 0.304 e. The molecule has 0 saturated carbocycles. The highest BCUT2D eigenvalue weighted by molar-refractivity contribution is 5.90. The zero-order valence-corrected chi connectivity index (χ0v) is 25.4. The van der Waals surface area contributed by atoms with E-state index < -0.39 is 35.3 Å². The van der Waals surface area contributed by atoms with Crippen LogP contribution in [0.3, 0.4) is 0 Å². The van der Waals surface area contributed by atoms with Crippen LogP contribution in [0.1, 0.15) is 62.8 Å². The Morgan fingerprint density at radius 2 is 1.50 bits per heavy atom. The maximum Gasteiger partial charge on any atom is 0.304 e. The quantitative estimate of drug-likeness (QED) is 0.216. The molecule has 7 heteroatoms. The van der Waals surface area contributed by atoms with Crippen molar-refractivity contribution in [2.24, 2.45) is 11.3 Å². The molecule has 3 unspecified atom stereocenters. The summed E-state index contributed by atoms with van der Waals surface area (Å²) in [7, 11) is 1.57. The van der Waals surface area contributed by atoms with Crippen molar-refractivity contribution in [2.45, 2.75) is 65.5 Å². The Balaban J connectivity index is 1.66. The van der Waals surface area contributed by atoms with Gasteiger partial charge in [-0.15, -0.1) is 0 Å². The number of aryl methyl sites for hydroxylation is 2. The first-order valence-electron chi connectivity index (χ1n) is 14.5. The van der Waals surface area contributed by atoms with Gasteiger partial charge in [0.2, 0.25) is 11.8 Å². The molecule has 42 heavy (non-hydrogen) atoms. The molecule has 3 N–H and O–H groups in total. The second-order valence-electron chi connectivity index (χ2n) is 11.9. The summed E-state index contributed by atoms with van der Waals surface area (Å²) in [5.74, 6) is -2.57. The summed E-state index contributed by atoms with van der Waals surface area (Å²) in [5, 5.41) is 15.4. The number of carbonyl (C=O) groups excluding carboxylic acids is 2. The van der Waals surface area contributed by atoms with Gasteiger partial charge >= 0.3 is 5.97 Å². The van der Waals surface area contributed by atoms with Crippen molar-refractivity contribution in [2.75, 3.05) is 13.7 Å². The van der Waals surface area contributed by atoms with Crippen LogP contribution in [0.2, 0.25) is 0 Å². The molecule has 0 bridgehead atoms. The molecule has 0 aliphatic carbocycles. The fraction of sp³-hybridized carbons (Fsp3) is 0.400. The second-order valence-corrected chi connectivity index (χ2v) is 11.9. The van der Waals surface area contributed by atoms with Crippen molar-refractivity contribution in [3.63, 3.8) is 0 Å². The molecule has 0 heterocycles. The molecular weight excluding hydrogens is 528 g/mol. The van der Waals surface area contributed by atoms with Crippen LogP contribution < -0.4 is 10.6 Å². The largest absolute Gasteiger partial charge is 0.481 e. The van der Waals surface area contributed by atoms with Crippen molar-refractivity contribution in [1.82, 2.24) is 10.6 Å². The Bertz CT molecular complexity index is 1320. The molecule has 0 aliphatic heterocycles. The lowest BCUT2D eigenvalue weighted by molar-refractivity contribution is -0.142. The van der Waals surface area contributed by atoms with Crippen LogP contribution in [0.5, 0.6) is 0 Å². The molecule has 0 aliphatic rings. The summed E-state index contributed by atoms with van der Waals surface area (Å²) in [6.07, 6.45) is 1.46. The minimum absolute atomic E-state index is 0.272. The van der Waals surface area contributed by atoms with Gasteiger partial charge in [0.15, 0.2) is 0 Å². The van der Waals surface area contributed by atoms with E-state index in [1.54, 1.807) is 7.11 Å². The van der Waals surface area contributed by atoms with Crippen LogP contribution in [-0.2, 0) is 25.5 Å². The molecule has 2 amide bonds. The van der Waals surface area contributed by atoms with Crippen LogP contribution in [0.4, 0.5) is 0 Å². The summed E-state index contributed by atoms with van der Waals surface area (Å²) in [6, 6.07) is 24.8. The first-order chi connectivity index (χ1) is 20.0. The van der Waals surface area contributed by atoms with Gasteiger partial charge in [-0.3, -0.25) is 14.4 Å². The van der Waals surface area contributed by atoms with E-state index in [1.807, 2.05) is 63.2 Å². The summed E-state index contributed by atoms with van der Waals surface area (Å²) in [5.41, 5.74) is 4.95. The number of carbonyl (C=O) groups is 3. The number of rotatable bonds is 14. The van der Waals surface area contributed by atoms with E-state index >= 15 is 0 Å². The van der Waals surface area contributed by atoms with Crippen molar-refractivity contribution < 1.29 is 24.2 Å². The maximum absolute atomic E-state index is 13.5. The van der Waals surface area contributed by atoms with Gasteiger partial charge in [-0.05, 0) is 59.4 Å². The Labute approximate surface area is 249 Å². The van der Waals surface area contributed by atoms with Crippen molar-refractivity contribution >= 4 is 17.8 Å². The molecule has 3 aromatic rings. The van der Waals surface area contributed by atoms with Crippen LogP contribution in [0.25, 0.3) is 11.1 Å². The Kier molecular flexibility index (Phi) is 11.9. The van der Waals surface area contributed by atoms with Gasteiger partial charge in [0.1, 0.15) is 6.04 Å². The SMILES string of the molecule is COCC(NC(=O)C(NC(=O)C(CCCc1ccc(-c2ccccc2C)cc1)CC(=O)O)C(C)(C)C)c1ccccc1. The van der Waals surface area contributed by atoms with E-state index in [9.17, 15) is 19.5 Å². The van der Waals surface area contributed by atoms with Crippen molar-refractivity contribution in [3.05, 3.63) is 95.6 Å². The third-order valence-electron chi connectivity index (χ3n) is 7.49. The lowest BCUT2D eigenvalue weighted by atomic mass is 9.85. The molecule has 0 radical (unpaired) electrons. The molecule has 0 aromatic heterocycles.